The van der Waals surface area contributed by atoms with Crippen molar-refractivity contribution in [1.82, 2.24) is 0 Å². The Morgan fingerprint density at radius 3 is 2.60 bits per heavy atom. The van der Waals surface area contributed by atoms with Crippen LogP contribution in [-0.2, 0) is 11.3 Å². The summed E-state index contributed by atoms with van der Waals surface area (Å²) in [5.41, 5.74) is 2.80. The Morgan fingerprint density at radius 1 is 1.10 bits per heavy atom. The fraction of sp³-hybridized carbons (Fsp3) is 0.125. The Hall–Kier alpha value is -2.62. The van der Waals surface area contributed by atoms with Crippen LogP contribution in [0.5, 0.6) is 5.75 Å². The molecule has 4 heteroatoms. The van der Waals surface area contributed by atoms with Crippen molar-refractivity contribution >= 4 is 17.4 Å². The van der Waals surface area contributed by atoms with Crippen LogP contribution < -0.4 is 4.90 Å². The van der Waals surface area contributed by atoms with Crippen molar-refractivity contribution in [1.29, 1.82) is 0 Å². The SMILES string of the molecule is Cc1cccc2c1N(Cc1cccc(O)c1)C(=O)C2=O. The Labute approximate surface area is 116 Å². The number of carbonyl (C=O) groups is 2. The zero-order chi connectivity index (χ0) is 14.3. The van der Waals surface area contributed by atoms with E-state index in [4.69, 9.17) is 0 Å². The van der Waals surface area contributed by atoms with Crippen molar-refractivity contribution in [3.8, 4) is 5.75 Å². The highest BCUT2D eigenvalue weighted by molar-refractivity contribution is 6.52. The van der Waals surface area contributed by atoms with E-state index in [1.165, 1.54) is 4.90 Å². The Balaban J connectivity index is 2.03. The van der Waals surface area contributed by atoms with Gasteiger partial charge in [-0.05, 0) is 36.2 Å². The van der Waals surface area contributed by atoms with Crippen LogP contribution in [0.1, 0.15) is 21.5 Å². The van der Waals surface area contributed by atoms with E-state index in [0.717, 1.165) is 11.1 Å². The van der Waals surface area contributed by atoms with Gasteiger partial charge >= 0.3 is 0 Å². The van der Waals surface area contributed by atoms with Crippen molar-refractivity contribution in [2.24, 2.45) is 0 Å². The highest BCUT2D eigenvalue weighted by Gasteiger charge is 2.36. The summed E-state index contributed by atoms with van der Waals surface area (Å²) >= 11 is 0. The van der Waals surface area contributed by atoms with Crippen LogP contribution in [0.2, 0.25) is 0 Å². The maximum absolute atomic E-state index is 12.1. The van der Waals surface area contributed by atoms with Crippen LogP contribution in [0.3, 0.4) is 0 Å². The van der Waals surface area contributed by atoms with E-state index < -0.39 is 11.7 Å². The molecule has 3 rings (SSSR count). The maximum atomic E-state index is 12.1. The number of benzene rings is 2. The number of aryl methyl sites for hydroxylation is 1. The van der Waals surface area contributed by atoms with Crippen LogP contribution in [0.4, 0.5) is 5.69 Å². The van der Waals surface area contributed by atoms with Gasteiger partial charge in [-0.2, -0.15) is 0 Å². The molecule has 1 heterocycles. The third-order valence-corrected chi connectivity index (χ3v) is 3.44. The minimum Gasteiger partial charge on any atom is -0.508 e. The smallest absolute Gasteiger partial charge is 0.299 e. The third-order valence-electron chi connectivity index (χ3n) is 3.44. The molecule has 1 aliphatic rings. The molecule has 0 saturated carbocycles. The molecule has 0 saturated heterocycles. The minimum absolute atomic E-state index is 0.144. The van der Waals surface area contributed by atoms with Gasteiger partial charge in [0, 0.05) is 0 Å². The van der Waals surface area contributed by atoms with Crippen molar-refractivity contribution in [2.45, 2.75) is 13.5 Å². The predicted octanol–water partition coefficient (Wildman–Crippen LogP) is 2.43. The van der Waals surface area contributed by atoms with Gasteiger partial charge in [-0.25, -0.2) is 0 Å². The van der Waals surface area contributed by atoms with E-state index in [1.807, 2.05) is 19.1 Å². The molecule has 0 radical (unpaired) electrons. The largest absolute Gasteiger partial charge is 0.508 e. The lowest BCUT2D eigenvalue weighted by molar-refractivity contribution is -0.114. The average molecular weight is 267 g/mol. The molecular weight excluding hydrogens is 254 g/mol. The van der Waals surface area contributed by atoms with Gasteiger partial charge in [-0.15, -0.1) is 0 Å². The molecule has 100 valence electrons. The normalized spacial score (nSPS) is 13.8. The summed E-state index contributed by atoms with van der Waals surface area (Å²) in [6.07, 6.45) is 0. The molecule has 4 nitrogen and oxygen atoms in total. The zero-order valence-electron chi connectivity index (χ0n) is 11.0. The van der Waals surface area contributed by atoms with E-state index in [-0.39, 0.29) is 12.3 Å². The van der Waals surface area contributed by atoms with Gasteiger partial charge in [0.2, 0.25) is 0 Å². The van der Waals surface area contributed by atoms with Crippen LogP contribution >= 0.6 is 0 Å². The van der Waals surface area contributed by atoms with Gasteiger partial charge in [-0.1, -0.05) is 24.3 Å². The van der Waals surface area contributed by atoms with Gasteiger partial charge < -0.3 is 10.0 Å². The molecule has 0 bridgehead atoms. The van der Waals surface area contributed by atoms with Crippen molar-refractivity contribution in [3.63, 3.8) is 0 Å². The number of aromatic hydroxyl groups is 1. The average Bonchev–Trinajstić information content (AvgIpc) is 2.66. The summed E-state index contributed by atoms with van der Waals surface area (Å²) in [5.74, 6) is -0.841. The van der Waals surface area contributed by atoms with Crippen LogP contribution in [0.15, 0.2) is 42.5 Å². The van der Waals surface area contributed by atoms with E-state index in [2.05, 4.69) is 0 Å². The molecule has 0 fully saturated rings. The van der Waals surface area contributed by atoms with E-state index in [0.29, 0.717) is 11.3 Å². The number of nitrogens with zero attached hydrogens (tertiary/aromatic N) is 1. The number of Topliss-reactive ketones (excluding diaryl/α,β-unsaturated/α-hetero) is 1. The van der Waals surface area contributed by atoms with Gasteiger partial charge in [0.05, 0.1) is 17.8 Å². The van der Waals surface area contributed by atoms with Crippen LogP contribution in [0, 0.1) is 6.92 Å². The lowest BCUT2D eigenvalue weighted by Gasteiger charge is -2.18. The summed E-state index contributed by atoms with van der Waals surface area (Å²) < 4.78 is 0. The van der Waals surface area contributed by atoms with Gasteiger partial charge in [0.15, 0.2) is 0 Å². The number of carbonyl (C=O) groups excluding carboxylic acids is 2. The van der Waals surface area contributed by atoms with E-state index >= 15 is 0 Å². The molecule has 2 aromatic rings. The lowest BCUT2D eigenvalue weighted by atomic mass is 10.1. The second-order valence-electron chi connectivity index (χ2n) is 4.86. The number of phenolic OH excluding ortho intramolecular Hbond substituents is 1. The first-order valence-corrected chi connectivity index (χ1v) is 6.31. The quantitative estimate of drug-likeness (QED) is 0.850. The zero-order valence-corrected chi connectivity index (χ0v) is 11.0. The topological polar surface area (TPSA) is 57.6 Å². The Bertz CT molecular complexity index is 721. The molecule has 0 aromatic heterocycles. The minimum atomic E-state index is -0.516. The molecule has 1 aliphatic heterocycles. The number of ketones is 1. The lowest BCUT2D eigenvalue weighted by Crippen LogP contribution is -2.29. The molecule has 20 heavy (non-hydrogen) atoms. The molecule has 0 aliphatic carbocycles. The first-order valence-electron chi connectivity index (χ1n) is 6.31. The summed E-state index contributed by atoms with van der Waals surface area (Å²) in [4.78, 5) is 25.6. The Morgan fingerprint density at radius 2 is 1.85 bits per heavy atom. The monoisotopic (exact) mass is 267 g/mol. The van der Waals surface area contributed by atoms with Gasteiger partial charge in [0.1, 0.15) is 5.75 Å². The Kier molecular flexibility index (Phi) is 2.79. The van der Waals surface area contributed by atoms with Crippen LogP contribution in [-0.4, -0.2) is 16.8 Å². The molecule has 2 aromatic carbocycles. The second-order valence-corrected chi connectivity index (χ2v) is 4.86. The number of phenols is 1. The highest BCUT2D eigenvalue weighted by Crippen LogP contribution is 2.33. The fourth-order valence-electron chi connectivity index (χ4n) is 2.53. The first-order chi connectivity index (χ1) is 9.58. The summed E-state index contributed by atoms with van der Waals surface area (Å²) in [6.45, 7) is 2.15. The highest BCUT2D eigenvalue weighted by atomic mass is 16.3. The van der Waals surface area contributed by atoms with Gasteiger partial charge in [-0.3, -0.25) is 9.59 Å². The summed E-state index contributed by atoms with van der Waals surface area (Å²) in [5, 5.41) is 9.48. The fourth-order valence-corrected chi connectivity index (χ4v) is 2.53. The van der Waals surface area contributed by atoms with Crippen molar-refractivity contribution in [2.75, 3.05) is 4.90 Å². The summed E-state index contributed by atoms with van der Waals surface area (Å²) in [6, 6.07) is 12.0. The number of fused-ring (bicyclic) bond motifs is 1. The second kappa shape index (κ2) is 4.49. The van der Waals surface area contributed by atoms with Crippen LogP contribution in [0.25, 0.3) is 0 Å². The van der Waals surface area contributed by atoms with Gasteiger partial charge in [0.25, 0.3) is 11.7 Å². The number of hydrogen-bond acceptors (Lipinski definition) is 3. The molecule has 0 unspecified atom stereocenters. The first kappa shape index (κ1) is 12.4. The number of para-hydroxylation sites is 1. The van der Waals surface area contributed by atoms with Crippen molar-refractivity contribution < 1.29 is 14.7 Å². The number of rotatable bonds is 2. The maximum Gasteiger partial charge on any atom is 0.299 e. The third kappa shape index (κ3) is 1.86. The summed E-state index contributed by atoms with van der Waals surface area (Å²) in [7, 11) is 0. The number of hydrogen-bond donors (Lipinski definition) is 1. The molecular formula is C16H13NO3. The molecule has 1 N–H and O–H groups in total. The van der Waals surface area contributed by atoms with E-state index in [9.17, 15) is 14.7 Å². The van der Waals surface area contributed by atoms with E-state index in [1.54, 1.807) is 30.3 Å². The van der Waals surface area contributed by atoms with Crippen molar-refractivity contribution in [3.05, 3.63) is 59.2 Å². The molecule has 0 atom stereocenters. The molecule has 1 amide bonds. The standard InChI is InChI=1S/C16H13NO3/c1-10-4-2-7-13-14(10)17(16(20)15(13)19)9-11-5-3-6-12(18)8-11/h2-8,18H,9H2,1H3. The molecule has 0 spiro atoms. The number of anilines is 1. The number of amides is 1. The predicted molar refractivity (Wildman–Crippen MR) is 74.8 cm³/mol.